The Morgan fingerprint density at radius 1 is 1.23 bits per heavy atom. The average molecular weight is 205 g/mol. The molecule has 2 atom stereocenters. The molecular formula is C11H21ClO. The summed E-state index contributed by atoms with van der Waals surface area (Å²) in [5.41, 5.74) is 0. The second-order valence-electron chi connectivity index (χ2n) is 3.90. The molecule has 0 heterocycles. The quantitative estimate of drug-likeness (QED) is 0.386. The van der Waals surface area contributed by atoms with Gasteiger partial charge in [0.05, 0.1) is 0 Å². The predicted molar refractivity (Wildman–Crippen MR) is 57.3 cm³/mol. The van der Waals surface area contributed by atoms with Gasteiger partial charge in [0.15, 0.2) is 0 Å². The smallest absolute Gasteiger partial charge is 0.0469 e. The minimum atomic E-state index is 0.406. The third-order valence-electron chi connectivity index (χ3n) is 2.90. The van der Waals surface area contributed by atoms with E-state index in [1.54, 1.807) is 0 Å². The van der Waals surface area contributed by atoms with E-state index >= 15 is 0 Å². The van der Waals surface area contributed by atoms with Crippen molar-refractivity contribution >= 4 is 11.6 Å². The first kappa shape index (κ1) is 11.3. The molecule has 0 aromatic rings. The van der Waals surface area contributed by atoms with Crippen LogP contribution < -0.4 is 0 Å². The van der Waals surface area contributed by atoms with Gasteiger partial charge >= 0.3 is 0 Å². The van der Waals surface area contributed by atoms with E-state index in [1.807, 2.05) is 6.92 Å². The molecule has 2 unspecified atom stereocenters. The van der Waals surface area contributed by atoms with E-state index in [2.05, 4.69) is 0 Å². The van der Waals surface area contributed by atoms with Gasteiger partial charge in [-0.3, -0.25) is 0 Å². The van der Waals surface area contributed by atoms with Gasteiger partial charge < -0.3 is 4.74 Å². The largest absolute Gasteiger partial charge is 0.382 e. The lowest BCUT2D eigenvalue weighted by molar-refractivity contribution is 0.130. The lowest BCUT2D eigenvalue weighted by Gasteiger charge is -2.18. The van der Waals surface area contributed by atoms with Crippen molar-refractivity contribution in [3.05, 3.63) is 0 Å². The highest BCUT2D eigenvalue weighted by Gasteiger charge is 2.20. The van der Waals surface area contributed by atoms with Crippen molar-refractivity contribution in [3.8, 4) is 0 Å². The molecule has 2 heteroatoms. The van der Waals surface area contributed by atoms with Crippen LogP contribution in [0, 0.1) is 5.92 Å². The highest BCUT2D eigenvalue weighted by molar-refractivity contribution is 6.20. The Labute approximate surface area is 86.8 Å². The summed E-state index contributed by atoms with van der Waals surface area (Å²) in [6, 6.07) is 0. The molecule has 1 rings (SSSR count). The molecule has 1 saturated carbocycles. The summed E-state index contributed by atoms with van der Waals surface area (Å²) in [6.45, 7) is 3.77. The first-order valence-corrected chi connectivity index (χ1v) is 6.00. The van der Waals surface area contributed by atoms with E-state index < -0.39 is 0 Å². The van der Waals surface area contributed by atoms with Gasteiger partial charge in [-0.2, -0.15) is 0 Å². The highest BCUT2D eigenvalue weighted by atomic mass is 35.5. The van der Waals surface area contributed by atoms with Gasteiger partial charge in [-0.15, -0.1) is 11.6 Å². The molecule has 1 fully saturated rings. The summed E-state index contributed by atoms with van der Waals surface area (Å²) < 4.78 is 5.37. The molecule has 1 aliphatic rings. The standard InChI is InChI=1S/C11H21ClO/c1-2-13-9-8-10-6-4-3-5-7-11(10)12/h10-11H,2-9H2,1H3. The summed E-state index contributed by atoms with van der Waals surface area (Å²) in [5, 5.41) is 0.406. The molecule has 1 aliphatic carbocycles. The Hall–Kier alpha value is 0.250. The van der Waals surface area contributed by atoms with Crippen LogP contribution >= 0.6 is 11.6 Å². The van der Waals surface area contributed by atoms with Crippen LogP contribution in [0.25, 0.3) is 0 Å². The van der Waals surface area contributed by atoms with Crippen LogP contribution in [0.3, 0.4) is 0 Å². The molecule has 0 bridgehead atoms. The zero-order valence-corrected chi connectivity index (χ0v) is 9.35. The number of rotatable bonds is 4. The minimum Gasteiger partial charge on any atom is -0.382 e. The minimum absolute atomic E-state index is 0.406. The van der Waals surface area contributed by atoms with Gasteiger partial charge in [0, 0.05) is 18.6 Å². The van der Waals surface area contributed by atoms with Crippen LogP contribution in [0.4, 0.5) is 0 Å². The second kappa shape index (κ2) is 6.67. The molecule has 0 radical (unpaired) electrons. The fourth-order valence-electron chi connectivity index (χ4n) is 2.04. The highest BCUT2D eigenvalue weighted by Crippen LogP contribution is 2.29. The van der Waals surface area contributed by atoms with Crippen LogP contribution in [-0.2, 0) is 4.74 Å². The normalized spacial score (nSPS) is 30.0. The molecule has 0 aromatic heterocycles. The maximum atomic E-state index is 6.31. The van der Waals surface area contributed by atoms with Gasteiger partial charge in [-0.1, -0.05) is 19.3 Å². The van der Waals surface area contributed by atoms with E-state index in [9.17, 15) is 0 Å². The molecule has 0 amide bonds. The number of alkyl halides is 1. The van der Waals surface area contributed by atoms with E-state index in [0.717, 1.165) is 19.6 Å². The average Bonchev–Trinajstić information content (AvgIpc) is 2.32. The van der Waals surface area contributed by atoms with Crippen LogP contribution in [0.5, 0.6) is 0 Å². The van der Waals surface area contributed by atoms with Crippen molar-refractivity contribution in [2.75, 3.05) is 13.2 Å². The Kier molecular flexibility index (Phi) is 5.81. The molecular weight excluding hydrogens is 184 g/mol. The maximum Gasteiger partial charge on any atom is 0.0469 e. The SMILES string of the molecule is CCOCCC1CCCCCC1Cl. The molecule has 0 N–H and O–H groups in total. The van der Waals surface area contributed by atoms with E-state index in [-0.39, 0.29) is 0 Å². The number of hydrogen-bond donors (Lipinski definition) is 0. The summed E-state index contributed by atoms with van der Waals surface area (Å²) in [7, 11) is 0. The van der Waals surface area contributed by atoms with Gasteiger partial charge in [0.1, 0.15) is 0 Å². The summed E-state index contributed by atoms with van der Waals surface area (Å²) >= 11 is 6.31. The molecule has 1 nitrogen and oxygen atoms in total. The second-order valence-corrected chi connectivity index (χ2v) is 4.46. The molecule has 13 heavy (non-hydrogen) atoms. The van der Waals surface area contributed by atoms with Crippen LogP contribution in [0.1, 0.15) is 45.4 Å². The predicted octanol–water partition coefficient (Wildman–Crippen LogP) is 3.60. The molecule has 78 valence electrons. The van der Waals surface area contributed by atoms with Crippen molar-refractivity contribution in [1.29, 1.82) is 0 Å². The number of hydrogen-bond acceptors (Lipinski definition) is 1. The third-order valence-corrected chi connectivity index (χ3v) is 3.48. The molecule has 0 saturated heterocycles. The molecule has 0 aliphatic heterocycles. The first-order chi connectivity index (χ1) is 6.34. The number of halogens is 1. The Balaban J connectivity index is 2.19. The zero-order valence-electron chi connectivity index (χ0n) is 8.60. The summed E-state index contributed by atoms with van der Waals surface area (Å²) in [4.78, 5) is 0. The molecule has 0 aromatic carbocycles. The number of ether oxygens (including phenoxy) is 1. The fraction of sp³-hybridized carbons (Fsp3) is 1.00. The van der Waals surface area contributed by atoms with Crippen LogP contribution in [-0.4, -0.2) is 18.6 Å². The van der Waals surface area contributed by atoms with E-state index in [4.69, 9.17) is 16.3 Å². The van der Waals surface area contributed by atoms with Crippen molar-refractivity contribution in [1.82, 2.24) is 0 Å². The van der Waals surface area contributed by atoms with Crippen molar-refractivity contribution < 1.29 is 4.74 Å². The topological polar surface area (TPSA) is 9.23 Å². The zero-order chi connectivity index (χ0) is 9.52. The monoisotopic (exact) mass is 204 g/mol. The van der Waals surface area contributed by atoms with Crippen molar-refractivity contribution in [2.24, 2.45) is 5.92 Å². The van der Waals surface area contributed by atoms with E-state index in [0.29, 0.717) is 11.3 Å². The lowest BCUT2D eigenvalue weighted by Crippen LogP contribution is -2.15. The Morgan fingerprint density at radius 3 is 2.77 bits per heavy atom. The maximum absolute atomic E-state index is 6.31. The van der Waals surface area contributed by atoms with Crippen molar-refractivity contribution in [3.63, 3.8) is 0 Å². The molecule has 0 spiro atoms. The summed E-state index contributed by atoms with van der Waals surface area (Å²) in [6.07, 6.45) is 7.72. The lowest BCUT2D eigenvalue weighted by atomic mass is 9.97. The first-order valence-electron chi connectivity index (χ1n) is 5.56. The van der Waals surface area contributed by atoms with Crippen LogP contribution in [0.2, 0.25) is 0 Å². The van der Waals surface area contributed by atoms with Gasteiger partial charge in [0.2, 0.25) is 0 Å². The van der Waals surface area contributed by atoms with E-state index in [1.165, 1.54) is 32.1 Å². The van der Waals surface area contributed by atoms with Crippen molar-refractivity contribution in [2.45, 2.75) is 50.8 Å². The summed E-state index contributed by atoms with van der Waals surface area (Å²) in [5.74, 6) is 0.704. The fourth-order valence-corrected chi connectivity index (χ4v) is 2.45. The Morgan fingerprint density at radius 2 is 2.00 bits per heavy atom. The Bertz CT molecular complexity index is 127. The van der Waals surface area contributed by atoms with Gasteiger partial charge in [-0.25, -0.2) is 0 Å². The van der Waals surface area contributed by atoms with Crippen LogP contribution in [0.15, 0.2) is 0 Å². The third kappa shape index (κ3) is 4.33. The van der Waals surface area contributed by atoms with Gasteiger partial charge in [-0.05, 0) is 32.1 Å². The van der Waals surface area contributed by atoms with Gasteiger partial charge in [0.25, 0.3) is 0 Å².